The van der Waals surface area contributed by atoms with Crippen molar-refractivity contribution >= 4 is 41.6 Å². The van der Waals surface area contributed by atoms with Gasteiger partial charge in [0.05, 0.1) is 0 Å². The zero-order chi connectivity index (χ0) is 9.35. The van der Waals surface area contributed by atoms with Crippen LogP contribution >= 0.6 is 0 Å². The van der Waals surface area contributed by atoms with E-state index in [1.165, 1.54) is 6.07 Å². The molecule has 0 aliphatic rings. The van der Waals surface area contributed by atoms with Gasteiger partial charge in [0.25, 0.3) is 0 Å². The van der Waals surface area contributed by atoms with Crippen molar-refractivity contribution in [3.8, 4) is 0 Å². The van der Waals surface area contributed by atoms with E-state index in [0.717, 1.165) is 5.56 Å². The van der Waals surface area contributed by atoms with Crippen LogP contribution in [0.5, 0.6) is 0 Å². The van der Waals surface area contributed by atoms with Crippen LogP contribution in [0.15, 0.2) is 18.2 Å². The molecule has 0 bridgehead atoms. The normalized spacial score (nSPS) is 10.8. The first kappa shape index (κ1) is 13.3. The summed E-state index contributed by atoms with van der Waals surface area (Å²) >= 11 is -5.19. The van der Waals surface area contributed by atoms with Gasteiger partial charge in [-0.05, 0) is 0 Å². The van der Waals surface area contributed by atoms with Crippen LogP contribution in [0.25, 0.3) is 0 Å². The van der Waals surface area contributed by atoms with Gasteiger partial charge in [-0.3, -0.25) is 0 Å². The average Bonchev–Trinajstić information content (AvgIpc) is 1.92. The molecule has 3 nitrogen and oxygen atoms in total. The number of hydrogen-bond acceptors (Lipinski definition) is 3. The predicted molar refractivity (Wildman–Crippen MR) is 47.7 cm³/mol. The van der Waals surface area contributed by atoms with Gasteiger partial charge in [0, 0.05) is 0 Å². The maximum Gasteiger partial charge on any atom is 2.00 e. The predicted octanol–water partition coefficient (Wildman–Crippen LogP) is -1.78. The molecular weight excluding hydrogens is 243 g/mol. The molecule has 1 rings (SSSR count). The monoisotopic (exact) mass is 252 g/mol. The molecule has 0 saturated heterocycles. The molecule has 0 aliphatic carbocycles. The first-order valence-corrected chi connectivity index (χ1v) is 6.75. The third kappa shape index (κ3) is 3.48. The third-order valence-corrected chi connectivity index (χ3v) is 3.91. The Morgan fingerprint density at radius 1 is 1.23 bits per heavy atom. The summed E-state index contributed by atoms with van der Waals surface area (Å²) in [6, 6.07) is 4.86. The van der Waals surface area contributed by atoms with Crippen LogP contribution in [-0.4, -0.2) is 37.2 Å². The minimum absolute atomic E-state index is 0. The summed E-state index contributed by atoms with van der Waals surface area (Å²) in [7, 11) is 0. The molecule has 1 aromatic carbocycles. The molecule has 0 unspecified atom stereocenters. The molecule has 0 heterocycles. The average molecular weight is 252 g/mol. The fourth-order valence-electron chi connectivity index (χ4n) is 1.01. The van der Waals surface area contributed by atoms with Crippen LogP contribution in [-0.2, 0) is 3.74 Å². The van der Waals surface area contributed by atoms with E-state index >= 15 is 0 Å². The molecule has 0 aromatic heterocycles. The van der Waals surface area contributed by atoms with Crippen molar-refractivity contribution in [2.45, 2.75) is 13.8 Å². The van der Waals surface area contributed by atoms with E-state index in [0.29, 0.717) is 5.56 Å². The maximum atomic E-state index is 10.7. The molecule has 13 heavy (non-hydrogen) atoms. The summed E-state index contributed by atoms with van der Waals surface area (Å²) in [5.74, 6) is 0. The molecule has 0 radical (unpaired) electrons. The Labute approximate surface area is 96.3 Å². The van der Waals surface area contributed by atoms with Gasteiger partial charge in [0.15, 0.2) is 0 Å². The summed E-state index contributed by atoms with van der Waals surface area (Å²) in [6.07, 6.45) is 0. The number of hydrogen-bond donors (Lipinski definition) is 0. The molecular formula is C8H9AsMgO3. The first-order valence-electron chi connectivity index (χ1n) is 3.51. The van der Waals surface area contributed by atoms with Gasteiger partial charge < -0.3 is 0 Å². The Hall–Kier alpha value is 0.265. The van der Waals surface area contributed by atoms with Gasteiger partial charge >= 0.3 is 96.7 Å². The third-order valence-electron chi connectivity index (χ3n) is 1.66. The van der Waals surface area contributed by atoms with Gasteiger partial charge in [-0.1, -0.05) is 0 Å². The Balaban J connectivity index is 0.00000144. The minimum atomic E-state index is -5.19. The standard InChI is InChI=1S/C8H11AsO3.Mg/c1-6-3-4-7(2)8(5-6)9(10,11)12;/h3-5H,1-2H3,(H2,10,11,12);/q;+2/p-2. The second-order valence-electron chi connectivity index (χ2n) is 2.79. The molecule has 0 amide bonds. The largest absolute Gasteiger partial charge is 2.00 e. The molecule has 1 aromatic rings. The molecule has 0 saturated carbocycles. The van der Waals surface area contributed by atoms with E-state index in [1.54, 1.807) is 26.0 Å². The Morgan fingerprint density at radius 3 is 2.15 bits per heavy atom. The van der Waals surface area contributed by atoms with Gasteiger partial charge in [0.1, 0.15) is 0 Å². The van der Waals surface area contributed by atoms with Crippen molar-refractivity contribution in [1.29, 1.82) is 0 Å². The topological polar surface area (TPSA) is 63.2 Å². The van der Waals surface area contributed by atoms with E-state index in [4.69, 9.17) is 0 Å². The van der Waals surface area contributed by atoms with Crippen molar-refractivity contribution in [1.82, 2.24) is 0 Å². The second kappa shape index (κ2) is 4.67. The number of aryl methyl sites for hydroxylation is 2. The minimum Gasteiger partial charge on any atom is 2.00 e. The van der Waals surface area contributed by atoms with Crippen LogP contribution in [0.2, 0.25) is 0 Å². The molecule has 0 fully saturated rings. The van der Waals surface area contributed by atoms with Crippen molar-refractivity contribution < 1.29 is 11.9 Å². The Bertz CT molecular complexity index is 345. The summed E-state index contributed by atoms with van der Waals surface area (Å²) in [5, 5.41) is 0. The van der Waals surface area contributed by atoms with Crippen LogP contribution in [0, 0.1) is 13.8 Å². The molecule has 66 valence electrons. The van der Waals surface area contributed by atoms with Crippen molar-refractivity contribution in [2.75, 3.05) is 0 Å². The second-order valence-corrected chi connectivity index (χ2v) is 5.89. The van der Waals surface area contributed by atoms with Crippen LogP contribution < -0.4 is 12.5 Å². The van der Waals surface area contributed by atoms with Gasteiger partial charge in [0.2, 0.25) is 0 Å². The van der Waals surface area contributed by atoms with Gasteiger partial charge in [-0.15, -0.1) is 0 Å². The smallest absolute Gasteiger partial charge is 2.00 e. The molecule has 5 heteroatoms. The van der Waals surface area contributed by atoms with Crippen molar-refractivity contribution in [2.24, 2.45) is 0 Å². The van der Waals surface area contributed by atoms with Crippen molar-refractivity contribution in [3.05, 3.63) is 29.3 Å². The summed E-state index contributed by atoms with van der Waals surface area (Å²) in [5.41, 5.74) is 1.33. The summed E-state index contributed by atoms with van der Waals surface area (Å²) in [6.45, 7) is 3.38. The summed E-state index contributed by atoms with van der Waals surface area (Å²) < 4.78 is 32.2. The zero-order valence-corrected chi connectivity index (χ0v) is 10.9. The first-order chi connectivity index (χ1) is 5.41. The Morgan fingerprint density at radius 2 is 1.77 bits per heavy atom. The van der Waals surface area contributed by atoms with E-state index in [-0.39, 0.29) is 27.4 Å². The van der Waals surface area contributed by atoms with E-state index in [2.05, 4.69) is 0 Å². The molecule has 0 atom stereocenters. The maximum absolute atomic E-state index is 10.7. The summed E-state index contributed by atoms with van der Waals surface area (Å²) in [4.78, 5) is 0. The van der Waals surface area contributed by atoms with Crippen LogP contribution in [0.1, 0.15) is 11.1 Å². The van der Waals surface area contributed by atoms with Crippen LogP contribution in [0.3, 0.4) is 0 Å². The van der Waals surface area contributed by atoms with E-state index in [9.17, 15) is 11.9 Å². The zero-order valence-electron chi connectivity index (χ0n) is 7.61. The number of benzene rings is 1. The van der Waals surface area contributed by atoms with Crippen LogP contribution in [0.4, 0.5) is 0 Å². The van der Waals surface area contributed by atoms with Gasteiger partial charge in [-0.25, -0.2) is 0 Å². The fraction of sp³-hybridized carbons (Fsp3) is 0.250. The van der Waals surface area contributed by atoms with Crippen molar-refractivity contribution in [3.63, 3.8) is 0 Å². The fourth-order valence-corrected chi connectivity index (χ4v) is 2.84. The van der Waals surface area contributed by atoms with E-state index in [1.807, 2.05) is 0 Å². The molecule has 0 aliphatic heterocycles. The van der Waals surface area contributed by atoms with Gasteiger partial charge in [-0.2, -0.15) is 0 Å². The SMILES string of the molecule is Cc1ccc(C)c([As](=O)([O-])[O-])c1.[Mg+2]. The quantitative estimate of drug-likeness (QED) is 0.555. The molecule has 0 N–H and O–H groups in total. The Kier molecular flexibility index (Phi) is 4.76. The number of rotatable bonds is 1. The van der Waals surface area contributed by atoms with E-state index < -0.39 is 14.2 Å². The molecule has 0 spiro atoms.